The van der Waals surface area contributed by atoms with Crippen LogP contribution in [0.1, 0.15) is 70.8 Å². The van der Waals surface area contributed by atoms with Crippen LogP contribution in [0.4, 0.5) is 0 Å². The van der Waals surface area contributed by atoms with Gasteiger partial charge in [0.05, 0.1) is 5.69 Å². The van der Waals surface area contributed by atoms with Gasteiger partial charge < -0.3 is 5.32 Å². The fourth-order valence-electron chi connectivity index (χ4n) is 2.89. The van der Waals surface area contributed by atoms with Crippen LogP contribution in [-0.2, 0) is 25.9 Å². The second-order valence-electron chi connectivity index (χ2n) is 5.83. The first-order valence-corrected chi connectivity index (χ1v) is 8.45. The lowest BCUT2D eigenvalue weighted by atomic mass is 10.1. The van der Waals surface area contributed by atoms with Gasteiger partial charge >= 0.3 is 0 Å². The minimum Gasteiger partial charge on any atom is -0.313 e. The van der Waals surface area contributed by atoms with Crippen LogP contribution in [-0.4, -0.2) is 16.3 Å². The van der Waals surface area contributed by atoms with Gasteiger partial charge in [-0.3, -0.25) is 4.68 Å². The minimum atomic E-state index is 0.714. The summed E-state index contributed by atoms with van der Waals surface area (Å²) in [7, 11) is 0. The van der Waals surface area contributed by atoms with Crippen molar-refractivity contribution in [1.29, 1.82) is 0 Å². The molecule has 3 heteroatoms. The van der Waals surface area contributed by atoms with Gasteiger partial charge in [-0.2, -0.15) is 5.10 Å². The molecule has 0 aliphatic carbocycles. The van der Waals surface area contributed by atoms with Crippen molar-refractivity contribution in [2.45, 2.75) is 79.8 Å². The number of aryl methyl sites for hydroxylation is 1. The Balaban J connectivity index is 2.88. The maximum atomic E-state index is 4.88. The molecule has 0 radical (unpaired) electrons. The molecule has 0 amide bonds. The maximum Gasteiger partial charge on any atom is 0.0669 e. The summed E-state index contributed by atoms with van der Waals surface area (Å²) >= 11 is 0. The number of hydrogen-bond donors (Lipinski definition) is 1. The number of rotatable bonds is 10. The number of nitrogens with zero attached hydrogens (tertiary/aromatic N) is 2. The molecule has 1 rings (SSSR count). The Bertz CT molecular complexity index is 382. The van der Waals surface area contributed by atoms with Gasteiger partial charge in [0.2, 0.25) is 0 Å². The molecule has 1 unspecified atom stereocenters. The fourth-order valence-corrected chi connectivity index (χ4v) is 2.89. The van der Waals surface area contributed by atoms with Crippen molar-refractivity contribution in [3.8, 4) is 0 Å². The molecule has 1 aromatic heterocycles. The van der Waals surface area contributed by atoms with Gasteiger partial charge in [0.1, 0.15) is 0 Å². The number of nitrogens with one attached hydrogen (secondary N) is 1. The third-order valence-electron chi connectivity index (χ3n) is 3.91. The fraction of sp³-hybridized carbons (Fsp3) is 0.824. The topological polar surface area (TPSA) is 29.9 Å². The van der Waals surface area contributed by atoms with Gasteiger partial charge in [0, 0.05) is 24.3 Å². The first-order chi connectivity index (χ1) is 9.67. The Kier molecular flexibility index (Phi) is 7.90. The normalized spacial score (nSPS) is 12.8. The number of hydrogen-bond acceptors (Lipinski definition) is 2. The SMILES string of the molecule is CCCNCc1c(CC)nn(CC(C)CCC)c1CC. The molecule has 1 aromatic rings. The average molecular weight is 279 g/mol. The van der Waals surface area contributed by atoms with Gasteiger partial charge in [0.15, 0.2) is 0 Å². The monoisotopic (exact) mass is 279 g/mol. The van der Waals surface area contributed by atoms with Crippen molar-refractivity contribution in [2.75, 3.05) is 6.54 Å². The first kappa shape index (κ1) is 17.2. The van der Waals surface area contributed by atoms with Crippen molar-refractivity contribution >= 4 is 0 Å². The summed E-state index contributed by atoms with van der Waals surface area (Å²) in [5.74, 6) is 0.714. The molecule has 0 fully saturated rings. The Morgan fingerprint density at radius 3 is 2.40 bits per heavy atom. The lowest BCUT2D eigenvalue weighted by Crippen LogP contribution is -2.16. The van der Waals surface area contributed by atoms with Gasteiger partial charge in [-0.05, 0) is 38.1 Å². The van der Waals surface area contributed by atoms with Crippen molar-refractivity contribution < 1.29 is 0 Å². The van der Waals surface area contributed by atoms with Crippen LogP contribution in [0.5, 0.6) is 0 Å². The van der Waals surface area contributed by atoms with Crippen LogP contribution in [0.15, 0.2) is 0 Å². The molecule has 0 aliphatic rings. The summed E-state index contributed by atoms with van der Waals surface area (Å²) in [6.45, 7) is 14.4. The van der Waals surface area contributed by atoms with E-state index in [2.05, 4.69) is 44.6 Å². The van der Waals surface area contributed by atoms with E-state index in [0.29, 0.717) is 5.92 Å². The summed E-state index contributed by atoms with van der Waals surface area (Å²) in [6, 6.07) is 0. The van der Waals surface area contributed by atoms with E-state index in [1.54, 1.807) is 0 Å². The van der Waals surface area contributed by atoms with E-state index < -0.39 is 0 Å². The van der Waals surface area contributed by atoms with E-state index in [4.69, 9.17) is 5.10 Å². The van der Waals surface area contributed by atoms with E-state index in [0.717, 1.165) is 32.5 Å². The molecule has 3 nitrogen and oxygen atoms in total. The molecular weight excluding hydrogens is 246 g/mol. The average Bonchev–Trinajstić information content (AvgIpc) is 2.76. The van der Waals surface area contributed by atoms with Crippen LogP contribution in [0.3, 0.4) is 0 Å². The van der Waals surface area contributed by atoms with E-state index in [-0.39, 0.29) is 0 Å². The van der Waals surface area contributed by atoms with Gasteiger partial charge in [0.25, 0.3) is 0 Å². The highest BCUT2D eigenvalue weighted by Gasteiger charge is 2.16. The second-order valence-corrected chi connectivity index (χ2v) is 5.83. The zero-order valence-electron chi connectivity index (χ0n) is 14.1. The molecule has 0 aliphatic heterocycles. The van der Waals surface area contributed by atoms with E-state index in [1.807, 2.05) is 0 Å². The number of aromatic nitrogens is 2. The van der Waals surface area contributed by atoms with E-state index >= 15 is 0 Å². The summed E-state index contributed by atoms with van der Waals surface area (Å²) < 4.78 is 2.28. The third kappa shape index (κ3) is 4.62. The molecule has 0 bridgehead atoms. The Hall–Kier alpha value is -0.830. The largest absolute Gasteiger partial charge is 0.313 e. The van der Waals surface area contributed by atoms with Crippen LogP contribution < -0.4 is 5.32 Å². The molecular formula is C17H33N3. The van der Waals surface area contributed by atoms with Crippen LogP contribution in [0.25, 0.3) is 0 Å². The molecule has 1 heterocycles. The molecule has 0 spiro atoms. The molecule has 116 valence electrons. The Labute approximate surface area is 125 Å². The van der Waals surface area contributed by atoms with E-state index in [9.17, 15) is 0 Å². The van der Waals surface area contributed by atoms with Crippen LogP contribution in [0.2, 0.25) is 0 Å². The molecule has 1 N–H and O–H groups in total. The summed E-state index contributed by atoms with van der Waals surface area (Å²) in [6.07, 6.45) is 5.84. The Morgan fingerprint density at radius 2 is 1.85 bits per heavy atom. The Morgan fingerprint density at radius 1 is 1.10 bits per heavy atom. The smallest absolute Gasteiger partial charge is 0.0669 e. The minimum absolute atomic E-state index is 0.714. The zero-order chi connectivity index (χ0) is 15.0. The maximum absolute atomic E-state index is 4.88. The quantitative estimate of drug-likeness (QED) is 0.657. The van der Waals surface area contributed by atoms with Crippen molar-refractivity contribution in [3.05, 3.63) is 17.0 Å². The van der Waals surface area contributed by atoms with Crippen molar-refractivity contribution in [1.82, 2.24) is 15.1 Å². The van der Waals surface area contributed by atoms with Gasteiger partial charge in [-0.25, -0.2) is 0 Å². The predicted molar refractivity (Wildman–Crippen MR) is 87.1 cm³/mol. The van der Waals surface area contributed by atoms with Crippen molar-refractivity contribution in [2.24, 2.45) is 5.92 Å². The highest BCUT2D eigenvalue weighted by Crippen LogP contribution is 2.19. The molecule has 0 aromatic carbocycles. The lowest BCUT2D eigenvalue weighted by Gasteiger charge is -2.13. The molecule has 20 heavy (non-hydrogen) atoms. The zero-order valence-corrected chi connectivity index (χ0v) is 14.1. The summed E-state index contributed by atoms with van der Waals surface area (Å²) in [5, 5.41) is 8.42. The van der Waals surface area contributed by atoms with Gasteiger partial charge in [-0.1, -0.05) is 41.0 Å². The standard InChI is InChI=1S/C17H33N3/c1-6-10-14(5)13-20-17(9-4)15(12-18-11-7-2)16(8-3)19-20/h14,18H,6-13H2,1-5H3. The lowest BCUT2D eigenvalue weighted by molar-refractivity contribution is 0.410. The highest BCUT2D eigenvalue weighted by atomic mass is 15.3. The van der Waals surface area contributed by atoms with E-state index in [1.165, 1.54) is 36.2 Å². The summed E-state index contributed by atoms with van der Waals surface area (Å²) in [5.41, 5.74) is 4.18. The summed E-state index contributed by atoms with van der Waals surface area (Å²) in [4.78, 5) is 0. The second kappa shape index (κ2) is 9.17. The third-order valence-corrected chi connectivity index (χ3v) is 3.91. The predicted octanol–water partition coefficient (Wildman–Crippen LogP) is 3.94. The van der Waals surface area contributed by atoms with Crippen LogP contribution >= 0.6 is 0 Å². The molecule has 0 saturated carbocycles. The molecule has 1 atom stereocenters. The van der Waals surface area contributed by atoms with Crippen LogP contribution in [0, 0.1) is 5.92 Å². The molecule has 0 saturated heterocycles. The van der Waals surface area contributed by atoms with Crippen molar-refractivity contribution in [3.63, 3.8) is 0 Å². The highest BCUT2D eigenvalue weighted by molar-refractivity contribution is 5.26. The first-order valence-electron chi connectivity index (χ1n) is 8.45. The van der Waals surface area contributed by atoms with Gasteiger partial charge in [-0.15, -0.1) is 0 Å².